The number of carbonyl (C=O) groups excluding carboxylic acids is 1. The van der Waals surface area contributed by atoms with Crippen molar-refractivity contribution < 1.29 is 4.79 Å². The zero-order chi connectivity index (χ0) is 15.7. The molecule has 0 aliphatic carbocycles. The fourth-order valence-corrected chi connectivity index (χ4v) is 2.93. The predicted molar refractivity (Wildman–Crippen MR) is 86.3 cm³/mol. The lowest BCUT2D eigenvalue weighted by Crippen LogP contribution is -2.39. The molecule has 1 aliphatic heterocycles. The number of nitrogens with one attached hydrogen (secondary N) is 1. The van der Waals surface area contributed by atoms with Crippen LogP contribution in [0.25, 0.3) is 0 Å². The second-order valence-corrected chi connectivity index (χ2v) is 6.15. The molecule has 0 bridgehead atoms. The van der Waals surface area contributed by atoms with Gasteiger partial charge in [0.1, 0.15) is 0 Å². The highest BCUT2D eigenvalue weighted by Gasteiger charge is 2.26. The lowest BCUT2D eigenvalue weighted by atomic mass is 10.0. The van der Waals surface area contributed by atoms with E-state index in [0.717, 1.165) is 42.7 Å². The summed E-state index contributed by atoms with van der Waals surface area (Å²) < 4.78 is 2.04. The maximum Gasteiger partial charge on any atom is 0.255 e. The molecule has 0 unspecified atom stereocenters. The Morgan fingerprint density at radius 1 is 1.32 bits per heavy atom. The van der Waals surface area contributed by atoms with Crippen LogP contribution in [0.1, 0.15) is 34.8 Å². The molecular formula is C16H23N5O. The van der Waals surface area contributed by atoms with Crippen LogP contribution in [0.4, 0.5) is 5.69 Å². The van der Waals surface area contributed by atoms with Crippen LogP contribution >= 0.6 is 0 Å². The van der Waals surface area contributed by atoms with Gasteiger partial charge in [0, 0.05) is 45.8 Å². The Morgan fingerprint density at radius 3 is 2.59 bits per heavy atom. The van der Waals surface area contributed by atoms with E-state index in [1.165, 1.54) is 0 Å². The summed E-state index contributed by atoms with van der Waals surface area (Å²) in [7, 11) is 4.03. The molecule has 118 valence electrons. The summed E-state index contributed by atoms with van der Waals surface area (Å²) in [6.07, 6.45) is 9.53. The zero-order valence-corrected chi connectivity index (χ0v) is 13.4. The number of aryl methyl sites for hydroxylation is 1. The third-order valence-electron chi connectivity index (χ3n) is 4.41. The molecule has 0 aromatic carbocycles. The number of H-pyrrole nitrogens is 1. The molecule has 0 saturated carbocycles. The van der Waals surface area contributed by atoms with E-state index in [9.17, 15) is 4.79 Å². The summed E-state index contributed by atoms with van der Waals surface area (Å²) in [4.78, 5) is 19.5. The summed E-state index contributed by atoms with van der Waals surface area (Å²) in [5.41, 5.74) is 2.91. The Balaban J connectivity index is 1.62. The Labute approximate surface area is 130 Å². The highest BCUT2D eigenvalue weighted by molar-refractivity contribution is 5.95. The van der Waals surface area contributed by atoms with Gasteiger partial charge in [-0.3, -0.25) is 9.48 Å². The van der Waals surface area contributed by atoms with Gasteiger partial charge in [0.2, 0.25) is 0 Å². The highest BCUT2D eigenvalue weighted by atomic mass is 16.2. The van der Waals surface area contributed by atoms with E-state index in [1.54, 1.807) is 6.20 Å². The Hall–Kier alpha value is -2.24. The normalized spacial score (nSPS) is 16.0. The molecule has 22 heavy (non-hydrogen) atoms. The smallest absolute Gasteiger partial charge is 0.255 e. The van der Waals surface area contributed by atoms with Gasteiger partial charge in [0.25, 0.3) is 5.91 Å². The van der Waals surface area contributed by atoms with Crippen molar-refractivity contribution >= 4 is 11.6 Å². The number of likely N-dealkylation sites (tertiary alicyclic amines) is 1. The van der Waals surface area contributed by atoms with Crippen molar-refractivity contribution in [2.24, 2.45) is 0 Å². The minimum Gasteiger partial charge on any atom is -0.375 e. The Kier molecular flexibility index (Phi) is 3.92. The first-order valence-electron chi connectivity index (χ1n) is 7.70. The van der Waals surface area contributed by atoms with Gasteiger partial charge in [-0.05, 0) is 25.3 Å². The summed E-state index contributed by atoms with van der Waals surface area (Å²) in [5.74, 6) is 0.131. The molecule has 1 N–H and O–H groups in total. The topological polar surface area (TPSA) is 57.2 Å². The largest absolute Gasteiger partial charge is 0.375 e. The summed E-state index contributed by atoms with van der Waals surface area (Å²) in [6, 6.07) is 0.380. The first-order valence-corrected chi connectivity index (χ1v) is 7.70. The van der Waals surface area contributed by atoms with Gasteiger partial charge >= 0.3 is 0 Å². The second-order valence-electron chi connectivity index (χ2n) is 6.15. The summed E-state index contributed by atoms with van der Waals surface area (Å²) in [6.45, 7) is 3.53. The van der Waals surface area contributed by atoms with E-state index in [-0.39, 0.29) is 5.91 Å². The number of amides is 1. The van der Waals surface area contributed by atoms with Crippen molar-refractivity contribution in [1.29, 1.82) is 0 Å². The number of hydrogen-bond acceptors (Lipinski definition) is 3. The maximum absolute atomic E-state index is 12.5. The molecule has 0 atom stereocenters. The molecule has 6 heteroatoms. The number of anilines is 1. The molecule has 3 rings (SSSR count). The first-order chi connectivity index (χ1) is 10.6. The molecule has 3 heterocycles. The number of aromatic amines is 1. The Morgan fingerprint density at radius 2 is 2.05 bits per heavy atom. The van der Waals surface area contributed by atoms with E-state index in [4.69, 9.17) is 0 Å². The average Bonchev–Trinajstić information content (AvgIpc) is 3.15. The van der Waals surface area contributed by atoms with E-state index in [0.29, 0.717) is 6.04 Å². The zero-order valence-electron chi connectivity index (χ0n) is 13.4. The van der Waals surface area contributed by atoms with Crippen LogP contribution in [-0.4, -0.2) is 52.8 Å². The van der Waals surface area contributed by atoms with Gasteiger partial charge in [0.05, 0.1) is 23.5 Å². The lowest BCUT2D eigenvalue weighted by Gasteiger charge is -2.32. The molecule has 0 radical (unpaired) electrons. The molecule has 1 aliphatic rings. The fraction of sp³-hybridized carbons (Fsp3) is 0.500. The summed E-state index contributed by atoms with van der Waals surface area (Å²) >= 11 is 0. The van der Waals surface area contributed by atoms with Crippen molar-refractivity contribution in [2.75, 3.05) is 32.1 Å². The molecule has 1 amide bonds. The molecule has 0 spiro atoms. The van der Waals surface area contributed by atoms with E-state index >= 15 is 0 Å². The van der Waals surface area contributed by atoms with Gasteiger partial charge in [0.15, 0.2) is 0 Å². The van der Waals surface area contributed by atoms with E-state index in [1.807, 2.05) is 43.0 Å². The standard InChI is InChI=1S/C16H23N5O/c1-12-8-17-10-15(12)16(22)20-6-4-13(5-7-20)21-11-14(9-18-21)19(2)3/h8-11,13,17H,4-7H2,1-3H3. The van der Waals surface area contributed by atoms with Gasteiger partial charge in [-0.1, -0.05) is 0 Å². The number of hydrogen-bond donors (Lipinski definition) is 1. The number of rotatable bonds is 3. The SMILES string of the molecule is Cc1c[nH]cc1C(=O)N1CCC(n2cc(N(C)C)cn2)CC1. The molecule has 2 aromatic rings. The van der Waals surface area contributed by atoms with Crippen molar-refractivity contribution in [1.82, 2.24) is 19.7 Å². The van der Waals surface area contributed by atoms with E-state index < -0.39 is 0 Å². The van der Waals surface area contributed by atoms with Gasteiger partial charge in [-0.15, -0.1) is 0 Å². The third kappa shape index (κ3) is 2.73. The second kappa shape index (κ2) is 5.87. The molecule has 1 saturated heterocycles. The highest BCUT2D eigenvalue weighted by Crippen LogP contribution is 2.25. The minimum absolute atomic E-state index is 0.131. The van der Waals surface area contributed by atoms with Crippen molar-refractivity contribution in [3.05, 3.63) is 35.9 Å². The first kappa shape index (κ1) is 14.7. The monoisotopic (exact) mass is 301 g/mol. The number of nitrogens with zero attached hydrogens (tertiary/aromatic N) is 4. The van der Waals surface area contributed by atoms with Crippen LogP contribution in [0.3, 0.4) is 0 Å². The van der Waals surface area contributed by atoms with Crippen LogP contribution in [0.5, 0.6) is 0 Å². The minimum atomic E-state index is 0.131. The number of piperidine rings is 1. The van der Waals surface area contributed by atoms with Crippen molar-refractivity contribution in [3.63, 3.8) is 0 Å². The molecule has 2 aromatic heterocycles. The van der Waals surface area contributed by atoms with Crippen molar-refractivity contribution in [3.8, 4) is 0 Å². The van der Waals surface area contributed by atoms with Crippen LogP contribution in [0, 0.1) is 6.92 Å². The lowest BCUT2D eigenvalue weighted by molar-refractivity contribution is 0.0689. The van der Waals surface area contributed by atoms with Gasteiger partial charge in [-0.25, -0.2) is 0 Å². The number of carbonyl (C=O) groups is 1. The molecule has 1 fully saturated rings. The predicted octanol–water partition coefficient (Wildman–Crippen LogP) is 2.06. The van der Waals surface area contributed by atoms with Crippen molar-refractivity contribution in [2.45, 2.75) is 25.8 Å². The van der Waals surface area contributed by atoms with Crippen LogP contribution < -0.4 is 4.90 Å². The van der Waals surface area contributed by atoms with Crippen LogP contribution in [0.15, 0.2) is 24.8 Å². The third-order valence-corrected chi connectivity index (χ3v) is 4.41. The van der Waals surface area contributed by atoms with Crippen LogP contribution in [-0.2, 0) is 0 Å². The van der Waals surface area contributed by atoms with Gasteiger partial charge < -0.3 is 14.8 Å². The fourth-order valence-electron chi connectivity index (χ4n) is 2.93. The maximum atomic E-state index is 12.5. The van der Waals surface area contributed by atoms with Gasteiger partial charge in [-0.2, -0.15) is 5.10 Å². The molecule has 6 nitrogen and oxygen atoms in total. The average molecular weight is 301 g/mol. The van der Waals surface area contributed by atoms with E-state index in [2.05, 4.69) is 21.2 Å². The van der Waals surface area contributed by atoms with Crippen LogP contribution in [0.2, 0.25) is 0 Å². The Bertz CT molecular complexity index is 649. The molecular weight excluding hydrogens is 278 g/mol. The summed E-state index contributed by atoms with van der Waals surface area (Å²) in [5, 5.41) is 4.46. The quantitative estimate of drug-likeness (QED) is 0.944. The number of aromatic nitrogens is 3.